The summed E-state index contributed by atoms with van der Waals surface area (Å²) in [4.78, 5) is 39.6. The van der Waals surface area contributed by atoms with Crippen molar-refractivity contribution in [3.63, 3.8) is 0 Å². The Bertz CT molecular complexity index is 1980. The van der Waals surface area contributed by atoms with Crippen LogP contribution in [0.4, 0.5) is 8.78 Å². The van der Waals surface area contributed by atoms with Crippen LogP contribution in [0.25, 0.3) is 22.1 Å². The van der Waals surface area contributed by atoms with Crippen LogP contribution in [0.5, 0.6) is 5.75 Å². The summed E-state index contributed by atoms with van der Waals surface area (Å²) in [5.74, 6) is -3.18. The SMILES string of the molecule is Cc1cc2cc(c1F)[C@H](CC(=O)O)NC(=O)[C@@H](n1ccc3occc3c1=O)c1cc(ccc1F)COc1cccc(C)c1-2. The Morgan fingerprint density at radius 1 is 1.02 bits per heavy atom. The van der Waals surface area contributed by atoms with Crippen LogP contribution in [0.1, 0.15) is 46.3 Å². The number of carbonyl (C=O) groups is 2. The van der Waals surface area contributed by atoms with Crippen LogP contribution in [0.15, 0.2) is 82.3 Å². The number of ether oxygens (including phenoxy) is 1. The summed E-state index contributed by atoms with van der Waals surface area (Å²) in [7, 11) is 0. The number of furan rings is 1. The number of rotatable bonds is 3. The van der Waals surface area contributed by atoms with Gasteiger partial charge >= 0.3 is 5.97 Å². The molecule has 0 radical (unpaired) electrons. The molecule has 2 aromatic heterocycles. The molecular formula is C33H26F2N2O6. The van der Waals surface area contributed by atoms with Crippen LogP contribution in [-0.2, 0) is 16.2 Å². The Hall–Kier alpha value is -5.25. The Labute approximate surface area is 244 Å². The molecule has 6 rings (SSSR count). The van der Waals surface area contributed by atoms with E-state index in [9.17, 15) is 19.5 Å². The van der Waals surface area contributed by atoms with Crippen LogP contribution in [-0.4, -0.2) is 21.6 Å². The Morgan fingerprint density at radius 2 is 1.84 bits per heavy atom. The van der Waals surface area contributed by atoms with E-state index in [4.69, 9.17) is 9.15 Å². The number of carbonyl (C=O) groups excluding carboxylic acids is 1. The number of nitrogens with one attached hydrogen (secondary N) is 1. The summed E-state index contributed by atoms with van der Waals surface area (Å²) in [5.41, 5.74) is 2.25. The van der Waals surface area contributed by atoms with Crippen molar-refractivity contribution in [2.24, 2.45) is 0 Å². The first-order valence-corrected chi connectivity index (χ1v) is 13.5. The second-order valence-corrected chi connectivity index (χ2v) is 10.6. The minimum atomic E-state index is -1.58. The lowest BCUT2D eigenvalue weighted by Crippen LogP contribution is -2.40. The molecule has 8 nitrogen and oxygen atoms in total. The first-order chi connectivity index (χ1) is 20.6. The molecule has 0 saturated carbocycles. The molecular weight excluding hydrogens is 558 g/mol. The number of aryl methyl sites for hydroxylation is 2. The smallest absolute Gasteiger partial charge is 0.305 e. The molecule has 1 aliphatic rings. The molecule has 43 heavy (non-hydrogen) atoms. The number of amides is 1. The van der Waals surface area contributed by atoms with Crippen molar-refractivity contribution in [2.75, 3.05) is 0 Å². The highest BCUT2D eigenvalue weighted by molar-refractivity contribution is 5.86. The molecule has 4 bridgehead atoms. The van der Waals surface area contributed by atoms with Crippen LogP contribution in [0.3, 0.4) is 0 Å². The van der Waals surface area contributed by atoms with Crippen LogP contribution >= 0.6 is 0 Å². The summed E-state index contributed by atoms with van der Waals surface area (Å²) >= 11 is 0. The van der Waals surface area contributed by atoms with Crippen molar-refractivity contribution in [1.29, 1.82) is 0 Å². The molecule has 0 aliphatic carbocycles. The number of aromatic nitrogens is 1. The molecule has 0 spiro atoms. The molecule has 0 unspecified atom stereocenters. The number of hydrogen-bond acceptors (Lipinski definition) is 5. The van der Waals surface area contributed by atoms with E-state index in [1.165, 1.54) is 48.9 Å². The van der Waals surface area contributed by atoms with Gasteiger partial charge in [-0.1, -0.05) is 18.2 Å². The van der Waals surface area contributed by atoms with Crippen molar-refractivity contribution >= 4 is 22.8 Å². The molecule has 2 atom stereocenters. The molecule has 0 fully saturated rings. The second kappa shape index (κ2) is 10.9. The van der Waals surface area contributed by atoms with Gasteiger partial charge < -0.3 is 19.6 Å². The minimum absolute atomic E-state index is 0.00239. The summed E-state index contributed by atoms with van der Waals surface area (Å²) in [6.45, 7) is 3.42. The normalized spacial score (nSPS) is 16.6. The van der Waals surface area contributed by atoms with Gasteiger partial charge in [0.1, 0.15) is 35.6 Å². The van der Waals surface area contributed by atoms with Gasteiger partial charge in [-0.3, -0.25) is 19.0 Å². The molecule has 0 saturated heterocycles. The van der Waals surface area contributed by atoms with Crippen molar-refractivity contribution in [1.82, 2.24) is 9.88 Å². The maximum Gasteiger partial charge on any atom is 0.305 e. The fourth-order valence-electron chi connectivity index (χ4n) is 5.65. The van der Waals surface area contributed by atoms with Crippen molar-refractivity contribution < 1.29 is 32.6 Å². The second-order valence-electron chi connectivity index (χ2n) is 10.6. The number of fused-ring (bicyclic) bond motifs is 7. The standard InChI is InChI=1S/C33H26F2N2O6/c1-17-4-3-5-27-29(17)20-12-18(2)30(35)23(14-20)25(15-28(38)39)36-32(40)31(22-13-19(16-43-27)6-7-24(22)34)37-10-8-26-21(33(37)41)9-11-42-26/h3-14,25,31H,15-16H2,1-2H3,(H,36,40)(H,38,39)/t25-,31-/m0/s1. The molecule has 10 heteroatoms. The van der Waals surface area contributed by atoms with E-state index in [-0.39, 0.29) is 34.3 Å². The molecule has 1 aliphatic heterocycles. The van der Waals surface area contributed by atoms with Crippen LogP contribution in [0, 0.1) is 25.5 Å². The lowest BCUT2D eigenvalue weighted by molar-refractivity contribution is -0.137. The molecule has 3 aromatic carbocycles. The van der Waals surface area contributed by atoms with Crippen LogP contribution < -0.4 is 15.6 Å². The maximum absolute atomic E-state index is 15.8. The lowest BCUT2D eigenvalue weighted by atomic mass is 9.91. The van der Waals surface area contributed by atoms with E-state index in [2.05, 4.69) is 5.32 Å². The number of halogens is 2. The van der Waals surface area contributed by atoms with E-state index in [0.29, 0.717) is 22.4 Å². The Balaban J connectivity index is 1.62. The number of pyridine rings is 1. The predicted octanol–water partition coefficient (Wildman–Crippen LogP) is 5.97. The average Bonchev–Trinajstić information content (AvgIpc) is 3.45. The van der Waals surface area contributed by atoms with Gasteiger partial charge in [-0.05, 0) is 78.6 Å². The molecule has 5 aromatic rings. The van der Waals surface area contributed by atoms with Crippen LogP contribution in [0.2, 0.25) is 0 Å². The third kappa shape index (κ3) is 5.05. The fraction of sp³-hybridized carbons (Fsp3) is 0.182. The van der Waals surface area contributed by atoms with Gasteiger partial charge in [0, 0.05) is 22.9 Å². The van der Waals surface area contributed by atoms with E-state index in [1.54, 1.807) is 19.1 Å². The van der Waals surface area contributed by atoms with Crippen molar-refractivity contribution in [2.45, 2.75) is 39.0 Å². The van der Waals surface area contributed by atoms with E-state index in [0.717, 1.165) is 10.1 Å². The Morgan fingerprint density at radius 3 is 2.63 bits per heavy atom. The number of carboxylic acids is 1. The number of aliphatic carboxylic acids is 1. The molecule has 1 amide bonds. The minimum Gasteiger partial charge on any atom is -0.488 e. The summed E-state index contributed by atoms with van der Waals surface area (Å²) in [6.07, 6.45) is 1.96. The number of carboxylic acid groups (broad SMARTS) is 1. The van der Waals surface area contributed by atoms with Gasteiger partial charge in [-0.2, -0.15) is 0 Å². The van der Waals surface area contributed by atoms with Crippen molar-refractivity contribution in [3.8, 4) is 16.9 Å². The van der Waals surface area contributed by atoms with Gasteiger partial charge in [-0.25, -0.2) is 8.78 Å². The summed E-state index contributed by atoms with van der Waals surface area (Å²) < 4.78 is 43.9. The zero-order chi connectivity index (χ0) is 30.4. The number of hydrogen-bond donors (Lipinski definition) is 2. The van der Waals surface area contributed by atoms with Gasteiger partial charge in [0.05, 0.1) is 24.1 Å². The van der Waals surface area contributed by atoms with Gasteiger partial charge in [0.15, 0.2) is 0 Å². The quantitative estimate of drug-likeness (QED) is 0.270. The molecule has 3 heterocycles. The third-order valence-corrected chi connectivity index (χ3v) is 7.70. The molecule has 2 N–H and O–H groups in total. The van der Waals surface area contributed by atoms with Gasteiger partial charge in [-0.15, -0.1) is 0 Å². The molecule has 218 valence electrons. The zero-order valence-electron chi connectivity index (χ0n) is 23.2. The summed E-state index contributed by atoms with van der Waals surface area (Å²) in [5, 5.41) is 12.6. The summed E-state index contributed by atoms with van der Waals surface area (Å²) in [6, 6.07) is 12.7. The van der Waals surface area contributed by atoms with E-state index < -0.39 is 47.6 Å². The van der Waals surface area contributed by atoms with Crippen molar-refractivity contribution in [3.05, 3.63) is 123 Å². The first kappa shape index (κ1) is 27.9. The highest BCUT2D eigenvalue weighted by atomic mass is 19.1. The van der Waals surface area contributed by atoms with E-state index >= 15 is 8.78 Å². The van der Waals surface area contributed by atoms with Gasteiger partial charge in [0.2, 0.25) is 5.91 Å². The highest BCUT2D eigenvalue weighted by Gasteiger charge is 2.32. The fourth-order valence-corrected chi connectivity index (χ4v) is 5.65. The largest absolute Gasteiger partial charge is 0.488 e. The third-order valence-electron chi connectivity index (χ3n) is 7.70. The number of nitrogens with zero attached hydrogens (tertiary/aromatic N) is 1. The first-order valence-electron chi connectivity index (χ1n) is 13.5. The van der Waals surface area contributed by atoms with Gasteiger partial charge in [0.25, 0.3) is 5.56 Å². The highest BCUT2D eigenvalue weighted by Crippen LogP contribution is 2.38. The monoisotopic (exact) mass is 584 g/mol. The average molecular weight is 585 g/mol. The van der Waals surface area contributed by atoms with E-state index in [1.807, 2.05) is 19.1 Å². The Kier molecular flexibility index (Phi) is 7.05. The lowest BCUT2D eigenvalue weighted by Gasteiger charge is -2.26. The predicted molar refractivity (Wildman–Crippen MR) is 154 cm³/mol. The number of benzene rings is 3. The maximum atomic E-state index is 15.8. The topological polar surface area (TPSA) is 111 Å². The zero-order valence-corrected chi connectivity index (χ0v) is 23.2.